The maximum Gasteiger partial charge on any atom is 0.303 e. The third kappa shape index (κ3) is 4.92. The van der Waals surface area contributed by atoms with Gasteiger partial charge in [0.15, 0.2) is 12.7 Å². The van der Waals surface area contributed by atoms with Gasteiger partial charge in [-0.3, -0.25) is 4.79 Å². The Hall–Kier alpha value is -1.74. The fourth-order valence-corrected chi connectivity index (χ4v) is 2.02. The number of ether oxygens (including phenoxy) is 2. The molecular formula is C13H17BrN4O4. The summed E-state index contributed by atoms with van der Waals surface area (Å²) in [6.45, 7) is 3.00. The Balaban J connectivity index is 1.74. The number of anilines is 1. The van der Waals surface area contributed by atoms with Gasteiger partial charge in [0.1, 0.15) is 0 Å². The highest BCUT2D eigenvalue weighted by atomic mass is 79.9. The smallest absolute Gasteiger partial charge is 0.303 e. The lowest BCUT2D eigenvalue weighted by Crippen LogP contribution is -2.48. The maximum absolute atomic E-state index is 10.9. The van der Waals surface area contributed by atoms with Gasteiger partial charge in [-0.2, -0.15) is 0 Å². The third-order valence-corrected chi connectivity index (χ3v) is 3.19. The highest BCUT2D eigenvalue weighted by Crippen LogP contribution is 2.15. The van der Waals surface area contributed by atoms with Crippen molar-refractivity contribution in [1.82, 2.24) is 9.97 Å². The third-order valence-electron chi connectivity index (χ3n) is 2.78. The Labute approximate surface area is 136 Å². The zero-order chi connectivity index (χ0) is 15.9. The summed E-state index contributed by atoms with van der Waals surface area (Å²) < 4.78 is 10.8. The molecule has 120 valence electrons. The van der Waals surface area contributed by atoms with Gasteiger partial charge in [0, 0.05) is 26.4 Å². The van der Waals surface area contributed by atoms with E-state index in [-0.39, 0.29) is 19.2 Å². The van der Waals surface area contributed by atoms with Crippen LogP contribution in [-0.4, -0.2) is 61.2 Å². The van der Waals surface area contributed by atoms with E-state index >= 15 is 0 Å². The normalized spacial score (nSPS) is 15.0. The number of oxime groups is 1. The lowest BCUT2D eigenvalue weighted by molar-refractivity contribution is -0.152. The Morgan fingerprint density at radius 2 is 2.09 bits per heavy atom. The molecule has 1 aliphatic heterocycles. The fraction of sp³-hybridized carbons (Fsp3) is 0.538. The topological polar surface area (TPSA) is 86.1 Å². The Morgan fingerprint density at radius 3 is 2.68 bits per heavy atom. The van der Waals surface area contributed by atoms with Crippen molar-refractivity contribution in [3.8, 4) is 0 Å². The van der Waals surface area contributed by atoms with E-state index in [9.17, 15) is 4.79 Å². The number of rotatable bonds is 7. The summed E-state index contributed by atoms with van der Waals surface area (Å²) in [4.78, 5) is 26.5. The summed E-state index contributed by atoms with van der Waals surface area (Å²) in [5, 5.41) is 4.02. The number of carbonyl (C=O) groups is 1. The number of carbonyl (C=O) groups excluding carboxylic acids is 1. The largest absolute Gasteiger partial charge is 0.456 e. The predicted molar refractivity (Wildman–Crippen MR) is 82.8 cm³/mol. The van der Waals surface area contributed by atoms with Gasteiger partial charge < -0.3 is 19.2 Å². The molecule has 1 aliphatic rings. The predicted octanol–water partition coefficient (Wildman–Crippen LogP) is 1.01. The summed E-state index contributed by atoms with van der Waals surface area (Å²) in [6.07, 6.45) is 2.93. The minimum atomic E-state index is -0.460. The van der Waals surface area contributed by atoms with E-state index in [1.807, 2.05) is 4.90 Å². The van der Waals surface area contributed by atoms with Crippen molar-refractivity contribution in [2.45, 2.75) is 13.0 Å². The SMILES string of the molecule is COCC(CON=C1CN(c2ncc(Br)cn2)C1)OC(C)=O. The standard InChI is InChI=1S/C13H17BrN4O4/c1-9(19)22-12(7-20-2)8-21-17-11-5-18(6-11)13-15-3-10(14)4-16-13/h3-4,12H,5-8H2,1-2H3. The molecule has 0 radical (unpaired) electrons. The van der Waals surface area contributed by atoms with Crippen LogP contribution in [0.3, 0.4) is 0 Å². The van der Waals surface area contributed by atoms with Crippen molar-refractivity contribution < 1.29 is 19.1 Å². The Kier molecular flexibility index (Phi) is 6.08. The second kappa shape index (κ2) is 8.04. The Bertz CT molecular complexity index is 529. The van der Waals surface area contributed by atoms with E-state index in [1.165, 1.54) is 14.0 Å². The molecule has 22 heavy (non-hydrogen) atoms. The zero-order valence-electron chi connectivity index (χ0n) is 12.4. The molecule has 0 N–H and O–H groups in total. The number of halogens is 1. The monoisotopic (exact) mass is 372 g/mol. The minimum Gasteiger partial charge on any atom is -0.456 e. The van der Waals surface area contributed by atoms with E-state index in [0.29, 0.717) is 19.0 Å². The molecule has 0 spiro atoms. The van der Waals surface area contributed by atoms with Crippen LogP contribution in [0, 0.1) is 0 Å². The number of nitrogens with zero attached hydrogens (tertiary/aromatic N) is 4. The van der Waals surface area contributed by atoms with Crippen LogP contribution >= 0.6 is 15.9 Å². The van der Waals surface area contributed by atoms with Crippen molar-refractivity contribution in [2.75, 3.05) is 38.3 Å². The first-order valence-corrected chi connectivity index (χ1v) is 7.44. The van der Waals surface area contributed by atoms with Crippen LogP contribution in [0.15, 0.2) is 22.0 Å². The van der Waals surface area contributed by atoms with E-state index < -0.39 is 6.10 Å². The van der Waals surface area contributed by atoms with Gasteiger partial charge in [-0.15, -0.1) is 0 Å². The average Bonchev–Trinajstić information content (AvgIpc) is 2.42. The van der Waals surface area contributed by atoms with E-state index in [1.54, 1.807) is 12.4 Å². The van der Waals surface area contributed by atoms with Gasteiger partial charge in [-0.25, -0.2) is 9.97 Å². The highest BCUT2D eigenvalue weighted by Gasteiger charge is 2.25. The number of methoxy groups -OCH3 is 1. The van der Waals surface area contributed by atoms with Crippen molar-refractivity contribution in [3.05, 3.63) is 16.9 Å². The molecule has 1 saturated heterocycles. The molecule has 0 amide bonds. The quantitative estimate of drug-likeness (QED) is 0.521. The van der Waals surface area contributed by atoms with E-state index in [0.717, 1.165) is 10.2 Å². The summed E-state index contributed by atoms with van der Waals surface area (Å²) >= 11 is 3.29. The molecule has 8 nitrogen and oxygen atoms in total. The molecule has 1 aromatic rings. The molecule has 0 bridgehead atoms. The molecule has 1 atom stereocenters. The maximum atomic E-state index is 10.9. The van der Waals surface area contributed by atoms with Gasteiger partial charge in [0.2, 0.25) is 5.95 Å². The molecule has 1 aromatic heterocycles. The van der Waals surface area contributed by atoms with Crippen molar-refractivity contribution in [2.24, 2.45) is 5.16 Å². The fourth-order valence-electron chi connectivity index (χ4n) is 1.81. The van der Waals surface area contributed by atoms with E-state index in [2.05, 4.69) is 31.1 Å². The van der Waals surface area contributed by atoms with Crippen LogP contribution in [0.2, 0.25) is 0 Å². The molecule has 1 fully saturated rings. The number of esters is 1. The number of aromatic nitrogens is 2. The molecule has 2 rings (SSSR count). The van der Waals surface area contributed by atoms with Crippen molar-refractivity contribution in [3.63, 3.8) is 0 Å². The Morgan fingerprint density at radius 1 is 1.41 bits per heavy atom. The lowest BCUT2D eigenvalue weighted by Gasteiger charge is -2.31. The van der Waals surface area contributed by atoms with Crippen LogP contribution in [0.25, 0.3) is 0 Å². The van der Waals surface area contributed by atoms with Gasteiger partial charge in [0.05, 0.1) is 29.9 Å². The molecule has 0 aliphatic carbocycles. The molecule has 2 heterocycles. The summed E-state index contributed by atoms with van der Waals surface area (Å²) in [6, 6.07) is 0. The first kappa shape index (κ1) is 16.6. The number of hydrogen-bond acceptors (Lipinski definition) is 8. The molecule has 0 saturated carbocycles. The first-order chi connectivity index (χ1) is 10.6. The van der Waals surface area contributed by atoms with Crippen LogP contribution < -0.4 is 4.90 Å². The van der Waals surface area contributed by atoms with Gasteiger partial charge in [-0.05, 0) is 15.9 Å². The average molecular weight is 373 g/mol. The van der Waals surface area contributed by atoms with Crippen molar-refractivity contribution in [1.29, 1.82) is 0 Å². The summed E-state index contributed by atoms with van der Waals surface area (Å²) in [5.74, 6) is 0.278. The van der Waals surface area contributed by atoms with Crippen molar-refractivity contribution >= 4 is 33.6 Å². The van der Waals surface area contributed by atoms with Crippen LogP contribution in [0.4, 0.5) is 5.95 Å². The van der Waals surface area contributed by atoms with Gasteiger partial charge in [0.25, 0.3) is 0 Å². The second-order valence-electron chi connectivity index (χ2n) is 4.70. The first-order valence-electron chi connectivity index (χ1n) is 6.65. The van der Waals surface area contributed by atoms with Crippen LogP contribution in [0.5, 0.6) is 0 Å². The molecular weight excluding hydrogens is 356 g/mol. The molecule has 0 aromatic carbocycles. The molecule has 1 unspecified atom stereocenters. The van der Waals surface area contributed by atoms with E-state index in [4.69, 9.17) is 14.3 Å². The summed E-state index contributed by atoms with van der Waals surface area (Å²) in [7, 11) is 1.53. The van der Waals surface area contributed by atoms with Gasteiger partial charge in [-0.1, -0.05) is 5.16 Å². The highest BCUT2D eigenvalue weighted by molar-refractivity contribution is 9.10. The molecule has 9 heteroatoms. The second-order valence-corrected chi connectivity index (χ2v) is 5.61. The number of hydrogen-bond donors (Lipinski definition) is 0. The van der Waals surface area contributed by atoms with Crippen LogP contribution in [0.1, 0.15) is 6.92 Å². The van der Waals surface area contributed by atoms with Crippen LogP contribution in [-0.2, 0) is 19.1 Å². The lowest BCUT2D eigenvalue weighted by atomic mass is 10.2. The zero-order valence-corrected chi connectivity index (χ0v) is 13.9. The minimum absolute atomic E-state index is 0.158. The van der Waals surface area contributed by atoms with Gasteiger partial charge >= 0.3 is 5.97 Å². The summed E-state index contributed by atoms with van der Waals surface area (Å²) in [5.41, 5.74) is 0.880.